The van der Waals surface area contributed by atoms with Crippen molar-refractivity contribution in [3.63, 3.8) is 0 Å². The Morgan fingerprint density at radius 3 is 2.73 bits per heavy atom. The van der Waals surface area contributed by atoms with Crippen molar-refractivity contribution in [2.75, 3.05) is 11.1 Å². The normalized spacial score (nSPS) is 17.1. The third-order valence-electron chi connectivity index (χ3n) is 5.51. The zero-order chi connectivity index (χ0) is 26.1. The summed E-state index contributed by atoms with van der Waals surface area (Å²) in [6.07, 6.45) is 0. The Balaban J connectivity index is 1.35. The molecule has 3 aromatic carbocycles. The fraction of sp³-hybridized carbons (Fsp3) is 0.125. The van der Waals surface area contributed by atoms with E-state index in [-0.39, 0.29) is 17.0 Å². The molecule has 0 bridgehead atoms. The van der Waals surface area contributed by atoms with Crippen molar-refractivity contribution in [3.8, 4) is 0 Å². The molecule has 0 spiro atoms. The number of hydrogen-bond donors (Lipinski definition) is 3. The van der Waals surface area contributed by atoms with Gasteiger partial charge in [-0.2, -0.15) is 0 Å². The molecule has 3 N–H and O–H groups in total. The van der Waals surface area contributed by atoms with E-state index in [9.17, 15) is 24.8 Å². The van der Waals surface area contributed by atoms with Gasteiger partial charge in [0.05, 0.1) is 36.0 Å². The summed E-state index contributed by atoms with van der Waals surface area (Å²) in [7, 11) is 0. The molecule has 0 radical (unpaired) electrons. The topological polar surface area (TPSA) is 134 Å². The molecule has 4 aromatic rings. The number of nitro benzene ring substituents is 1. The monoisotopic (exact) mass is 572 g/mol. The minimum atomic E-state index is -0.945. The lowest BCUT2D eigenvalue weighted by molar-refractivity contribution is -0.387. The van der Waals surface area contributed by atoms with Crippen LogP contribution in [0.1, 0.15) is 21.3 Å². The van der Waals surface area contributed by atoms with Crippen molar-refractivity contribution in [1.82, 2.24) is 10.3 Å². The molecule has 1 fully saturated rings. The molecule has 2 atom stereocenters. The van der Waals surface area contributed by atoms with Gasteiger partial charge in [0.15, 0.2) is 4.34 Å². The largest absolute Gasteiger partial charge is 0.480 e. The van der Waals surface area contributed by atoms with Crippen LogP contribution in [0, 0.1) is 10.1 Å². The maximum Gasteiger partial charge on any atom is 0.321 e. The third kappa shape index (κ3) is 5.58. The summed E-state index contributed by atoms with van der Waals surface area (Å²) in [5.41, 5.74) is 2.22. The highest BCUT2D eigenvalue weighted by Crippen LogP contribution is 2.42. The predicted molar refractivity (Wildman–Crippen MR) is 146 cm³/mol. The highest BCUT2D eigenvalue weighted by Gasteiger charge is 2.31. The van der Waals surface area contributed by atoms with Crippen LogP contribution in [0.2, 0.25) is 5.02 Å². The van der Waals surface area contributed by atoms with Crippen LogP contribution >= 0.6 is 46.5 Å². The number of thiazole rings is 1. The Morgan fingerprint density at radius 2 is 2.00 bits per heavy atom. The van der Waals surface area contributed by atoms with E-state index in [1.54, 1.807) is 54.6 Å². The second-order valence-corrected chi connectivity index (χ2v) is 11.8. The Kier molecular flexibility index (Phi) is 7.36. The second-order valence-electron chi connectivity index (χ2n) is 7.95. The number of aliphatic carboxylic acids is 1. The van der Waals surface area contributed by atoms with Crippen LogP contribution in [0.15, 0.2) is 69.9 Å². The fourth-order valence-electron chi connectivity index (χ4n) is 3.70. The van der Waals surface area contributed by atoms with Crippen LogP contribution in [0.4, 0.5) is 11.4 Å². The van der Waals surface area contributed by atoms with Crippen LogP contribution in [-0.4, -0.2) is 38.7 Å². The molecule has 0 saturated carbocycles. The van der Waals surface area contributed by atoms with Crippen LogP contribution < -0.4 is 10.6 Å². The highest BCUT2D eigenvalue weighted by atomic mass is 35.5. The molecule has 1 aliphatic rings. The van der Waals surface area contributed by atoms with Gasteiger partial charge in [-0.05, 0) is 42.0 Å². The van der Waals surface area contributed by atoms with Crippen molar-refractivity contribution in [2.24, 2.45) is 0 Å². The predicted octanol–water partition coefficient (Wildman–Crippen LogP) is 6.05. The van der Waals surface area contributed by atoms with E-state index in [4.69, 9.17) is 11.6 Å². The van der Waals surface area contributed by atoms with Crippen molar-refractivity contribution in [3.05, 3.63) is 86.9 Å². The molecule has 0 unspecified atom stereocenters. The maximum absolute atomic E-state index is 12.6. The molecule has 5 rings (SSSR count). The van der Waals surface area contributed by atoms with Crippen LogP contribution in [0.5, 0.6) is 0 Å². The summed E-state index contributed by atoms with van der Waals surface area (Å²) >= 11 is 10.1. The Hall–Kier alpha value is -3.16. The fourth-order valence-corrected chi connectivity index (χ4v) is 7.29. The van der Waals surface area contributed by atoms with Crippen molar-refractivity contribution in [2.45, 2.75) is 20.7 Å². The summed E-state index contributed by atoms with van der Waals surface area (Å²) in [4.78, 5) is 40.2. The quantitative estimate of drug-likeness (QED) is 0.179. The van der Waals surface area contributed by atoms with Gasteiger partial charge >= 0.3 is 5.97 Å². The number of anilines is 1. The van der Waals surface area contributed by atoms with Crippen molar-refractivity contribution >= 4 is 79.9 Å². The van der Waals surface area contributed by atoms with E-state index >= 15 is 0 Å². The highest BCUT2D eigenvalue weighted by molar-refractivity contribution is 8.01. The first-order chi connectivity index (χ1) is 17.8. The molecule has 1 aromatic heterocycles. The SMILES string of the molecule is O=C(Nc1ccc2nc(Sc3ccc([C@@H]4N[C@@H](C(=O)O)CS4)cc3[N+](=O)[O-])sc2c1)c1ccccc1Cl. The lowest BCUT2D eigenvalue weighted by Gasteiger charge is -2.12. The minimum Gasteiger partial charge on any atom is -0.480 e. The summed E-state index contributed by atoms with van der Waals surface area (Å²) in [6, 6.07) is 16.3. The number of carboxylic acids is 1. The zero-order valence-corrected chi connectivity index (χ0v) is 21.9. The first-order valence-corrected chi connectivity index (χ1v) is 13.9. The number of thioether (sulfide) groups is 1. The zero-order valence-electron chi connectivity index (χ0n) is 18.7. The molecule has 1 saturated heterocycles. The lowest BCUT2D eigenvalue weighted by Crippen LogP contribution is -2.33. The van der Waals surface area contributed by atoms with Crippen LogP contribution in [0.25, 0.3) is 10.2 Å². The van der Waals surface area contributed by atoms with E-state index in [0.29, 0.717) is 42.3 Å². The van der Waals surface area contributed by atoms with Gasteiger partial charge in [-0.15, -0.1) is 23.1 Å². The number of nitrogens with one attached hydrogen (secondary N) is 2. The number of fused-ring (bicyclic) bond motifs is 1. The van der Waals surface area contributed by atoms with E-state index in [0.717, 1.165) is 4.70 Å². The summed E-state index contributed by atoms with van der Waals surface area (Å²) < 4.78 is 1.42. The Bertz CT molecular complexity index is 1550. The number of hydrogen-bond acceptors (Lipinski definition) is 9. The number of nitrogens with zero attached hydrogens (tertiary/aromatic N) is 2. The van der Waals surface area contributed by atoms with Gasteiger partial charge in [-0.1, -0.05) is 41.6 Å². The average molecular weight is 573 g/mol. The first-order valence-electron chi connectivity index (χ1n) is 10.8. The number of benzene rings is 3. The summed E-state index contributed by atoms with van der Waals surface area (Å²) in [5.74, 6) is -0.889. The summed E-state index contributed by atoms with van der Waals surface area (Å²) in [5, 5.41) is 26.8. The first kappa shape index (κ1) is 25.5. The van der Waals surface area contributed by atoms with E-state index in [1.807, 2.05) is 0 Å². The number of carboxylic acid groups (broad SMARTS) is 1. The second kappa shape index (κ2) is 10.7. The molecule has 13 heteroatoms. The number of carbonyl (C=O) groups excluding carboxylic acids is 1. The van der Waals surface area contributed by atoms with Gasteiger partial charge in [0.2, 0.25) is 0 Å². The molecule has 37 heavy (non-hydrogen) atoms. The standard InChI is InChI=1S/C24H17ClN4O5S3/c25-15-4-2-1-3-14(15)21(30)26-13-6-7-16-20(10-13)37-24(28-16)36-19-8-5-12(9-18(19)29(33)34)22-27-17(11-35-22)23(31)32/h1-10,17,22,27H,11H2,(H,26,30)(H,31,32)/t17-,22-/m1/s1. The van der Waals surface area contributed by atoms with Gasteiger partial charge in [-0.3, -0.25) is 25.0 Å². The molecule has 188 valence electrons. The number of carbonyl (C=O) groups is 2. The number of amides is 1. The van der Waals surface area contributed by atoms with Gasteiger partial charge in [0.25, 0.3) is 11.6 Å². The number of halogens is 1. The van der Waals surface area contributed by atoms with E-state index < -0.39 is 16.9 Å². The third-order valence-corrected chi connectivity index (χ3v) is 9.25. The number of aromatic nitrogens is 1. The Labute approximate surface area is 227 Å². The van der Waals surface area contributed by atoms with Gasteiger partial charge < -0.3 is 10.4 Å². The van der Waals surface area contributed by atoms with Gasteiger partial charge in [0.1, 0.15) is 6.04 Å². The average Bonchev–Trinajstić information content (AvgIpc) is 3.51. The Morgan fingerprint density at radius 1 is 1.19 bits per heavy atom. The van der Waals surface area contributed by atoms with Gasteiger partial charge in [0, 0.05) is 17.5 Å². The van der Waals surface area contributed by atoms with Crippen molar-refractivity contribution in [1.29, 1.82) is 0 Å². The van der Waals surface area contributed by atoms with Crippen LogP contribution in [-0.2, 0) is 4.79 Å². The summed E-state index contributed by atoms with van der Waals surface area (Å²) in [6.45, 7) is 0. The molecular weight excluding hydrogens is 556 g/mol. The van der Waals surface area contributed by atoms with Crippen molar-refractivity contribution < 1.29 is 19.6 Å². The molecule has 1 amide bonds. The molecule has 2 heterocycles. The molecular formula is C24H17ClN4O5S3. The molecule has 9 nitrogen and oxygen atoms in total. The lowest BCUT2D eigenvalue weighted by atomic mass is 10.2. The van der Waals surface area contributed by atoms with Gasteiger partial charge in [-0.25, -0.2) is 4.98 Å². The molecule has 0 aliphatic carbocycles. The number of nitro groups is 1. The molecule has 1 aliphatic heterocycles. The van der Waals surface area contributed by atoms with E-state index in [1.165, 1.54) is 40.9 Å². The minimum absolute atomic E-state index is 0.0735. The number of rotatable bonds is 7. The maximum atomic E-state index is 12.6. The smallest absolute Gasteiger partial charge is 0.321 e. The van der Waals surface area contributed by atoms with E-state index in [2.05, 4.69) is 15.6 Å². The van der Waals surface area contributed by atoms with Crippen LogP contribution in [0.3, 0.4) is 0 Å².